The Morgan fingerprint density at radius 2 is 2.00 bits per heavy atom. The van der Waals surface area contributed by atoms with Crippen LogP contribution in [0.2, 0.25) is 0 Å². The molecule has 1 aliphatic rings. The van der Waals surface area contributed by atoms with Crippen LogP contribution >= 0.6 is 15.9 Å². The van der Waals surface area contributed by atoms with E-state index in [1.165, 1.54) is 11.1 Å². The van der Waals surface area contributed by atoms with Gasteiger partial charge in [0.15, 0.2) is 0 Å². The van der Waals surface area contributed by atoms with Crippen molar-refractivity contribution in [1.82, 2.24) is 9.66 Å². The molecule has 0 N–H and O–H groups in total. The lowest BCUT2D eigenvalue weighted by atomic mass is 9.88. The fourth-order valence-electron chi connectivity index (χ4n) is 3.90. The van der Waals surface area contributed by atoms with Crippen LogP contribution in [0.15, 0.2) is 56.8 Å². The van der Waals surface area contributed by atoms with Crippen LogP contribution in [0.3, 0.4) is 0 Å². The summed E-state index contributed by atoms with van der Waals surface area (Å²) >= 11 is 3.46. The molecule has 29 heavy (non-hydrogen) atoms. The van der Waals surface area contributed by atoms with Crippen LogP contribution in [0.5, 0.6) is 5.75 Å². The molecule has 1 heterocycles. The van der Waals surface area contributed by atoms with Crippen LogP contribution < -0.4 is 10.3 Å². The number of fused-ring (bicyclic) bond motifs is 1. The van der Waals surface area contributed by atoms with Crippen molar-refractivity contribution < 1.29 is 4.74 Å². The van der Waals surface area contributed by atoms with Crippen LogP contribution in [-0.4, -0.2) is 22.5 Å². The SMILES string of the molecule is CCOc1ccccc1C=Nn1c(C2CCCCC2)nc2ccc(Br)cc2c1=O. The maximum atomic E-state index is 13.3. The van der Waals surface area contributed by atoms with Crippen LogP contribution in [0.1, 0.15) is 56.3 Å². The van der Waals surface area contributed by atoms with Gasteiger partial charge in [0.05, 0.1) is 23.7 Å². The lowest BCUT2D eigenvalue weighted by Gasteiger charge is -2.22. The van der Waals surface area contributed by atoms with Crippen molar-refractivity contribution >= 4 is 33.0 Å². The summed E-state index contributed by atoms with van der Waals surface area (Å²) in [6, 6.07) is 13.3. The summed E-state index contributed by atoms with van der Waals surface area (Å²) in [6.07, 6.45) is 7.35. The highest BCUT2D eigenvalue weighted by molar-refractivity contribution is 9.10. The topological polar surface area (TPSA) is 56.5 Å². The monoisotopic (exact) mass is 453 g/mol. The molecule has 0 aliphatic heterocycles. The van der Waals surface area contributed by atoms with E-state index in [0.29, 0.717) is 12.0 Å². The van der Waals surface area contributed by atoms with E-state index in [1.54, 1.807) is 6.21 Å². The number of aromatic nitrogens is 2. The molecule has 0 bridgehead atoms. The van der Waals surface area contributed by atoms with Gasteiger partial charge in [-0.05, 0) is 50.1 Å². The molecule has 6 heteroatoms. The van der Waals surface area contributed by atoms with Gasteiger partial charge in [0.2, 0.25) is 0 Å². The van der Waals surface area contributed by atoms with E-state index in [4.69, 9.17) is 9.72 Å². The molecular weight excluding hydrogens is 430 g/mol. The second-order valence-electron chi connectivity index (χ2n) is 7.30. The van der Waals surface area contributed by atoms with Gasteiger partial charge in [-0.25, -0.2) is 4.98 Å². The average Bonchev–Trinajstić information content (AvgIpc) is 2.75. The molecule has 4 rings (SSSR count). The van der Waals surface area contributed by atoms with E-state index in [9.17, 15) is 4.79 Å². The maximum absolute atomic E-state index is 13.3. The lowest BCUT2D eigenvalue weighted by molar-refractivity contribution is 0.340. The standard InChI is InChI=1S/C23H24BrN3O2/c1-2-29-21-11-7-6-10-17(21)15-25-27-22(16-8-4-3-5-9-16)26-20-13-12-18(24)14-19(20)23(27)28/h6-7,10-16H,2-5,8-9H2,1H3. The minimum absolute atomic E-state index is 0.137. The summed E-state index contributed by atoms with van der Waals surface area (Å²) in [7, 11) is 0. The summed E-state index contributed by atoms with van der Waals surface area (Å²) in [6.45, 7) is 2.52. The van der Waals surface area contributed by atoms with Crippen LogP contribution in [0.4, 0.5) is 0 Å². The highest BCUT2D eigenvalue weighted by Gasteiger charge is 2.22. The third-order valence-electron chi connectivity index (χ3n) is 5.33. The quantitative estimate of drug-likeness (QED) is 0.480. The largest absolute Gasteiger partial charge is 0.493 e. The molecule has 0 saturated heterocycles. The van der Waals surface area contributed by atoms with Gasteiger partial charge in [-0.3, -0.25) is 4.79 Å². The van der Waals surface area contributed by atoms with Gasteiger partial charge in [0.1, 0.15) is 11.6 Å². The molecule has 150 valence electrons. The van der Waals surface area contributed by atoms with Gasteiger partial charge in [-0.1, -0.05) is 47.3 Å². The Bertz CT molecular complexity index is 1100. The van der Waals surface area contributed by atoms with E-state index < -0.39 is 0 Å². The number of hydrogen-bond acceptors (Lipinski definition) is 4. The molecule has 0 atom stereocenters. The first kappa shape index (κ1) is 19.8. The van der Waals surface area contributed by atoms with Gasteiger partial charge in [-0.2, -0.15) is 9.78 Å². The molecule has 0 amide bonds. The van der Waals surface area contributed by atoms with Crippen molar-refractivity contribution in [3.05, 3.63) is 68.7 Å². The van der Waals surface area contributed by atoms with Crippen molar-refractivity contribution in [3.8, 4) is 5.75 Å². The van der Waals surface area contributed by atoms with E-state index in [-0.39, 0.29) is 11.5 Å². The maximum Gasteiger partial charge on any atom is 0.282 e. The van der Waals surface area contributed by atoms with Crippen LogP contribution in [0, 0.1) is 0 Å². The highest BCUT2D eigenvalue weighted by Crippen LogP contribution is 2.32. The van der Waals surface area contributed by atoms with Gasteiger partial charge in [-0.15, -0.1) is 0 Å². The van der Waals surface area contributed by atoms with E-state index in [1.807, 2.05) is 49.4 Å². The number of benzene rings is 2. The van der Waals surface area contributed by atoms with E-state index in [2.05, 4.69) is 21.0 Å². The number of nitrogens with zero attached hydrogens (tertiary/aromatic N) is 3. The Morgan fingerprint density at radius 3 is 2.79 bits per heavy atom. The molecule has 1 aliphatic carbocycles. The molecule has 0 spiro atoms. The van der Waals surface area contributed by atoms with Crippen molar-refractivity contribution in [2.75, 3.05) is 6.61 Å². The summed E-state index contributed by atoms with van der Waals surface area (Å²) in [4.78, 5) is 18.2. The van der Waals surface area contributed by atoms with E-state index >= 15 is 0 Å². The van der Waals surface area contributed by atoms with Gasteiger partial charge in [0, 0.05) is 16.0 Å². The zero-order chi connectivity index (χ0) is 20.2. The molecule has 0 unspecified atom stereocenters. The number of rotatable bonds is 5. The van der Waals surface area contributed by atoms with Crippen LogP contribution in [-0.2, 0) is 0 Å². The molecule has 3 aromatic rings. The molecule has 2 aromatic carbocycles. The van der Waals surface area contributed by atoms with Gasteiger partial charge in [0.25, 0.3) is 5.56 Å². The summed E-state index contributed by atoms with van der Waals surface area (Å²) in [5, 5.41) is 5.16. The zero-order valence-corrected chi connectivity index (χ0v) is 18.1. The molecule has 1 aromatic heterocycles. The lowest BCUT2D eigenvalue weighted by Crippen LogP contribution is -2.25. The normalized spacial score (nSPS) is 15.2. The fraction of sp³-hybridized carbons (Fsp3) is 0.348. The predicted molar refractivity (Wildman–Crippen MR) is 120 cm³/mol. The predicted octanol–water partition coefficient (Wildman–Crippen LogP) is 5.49. The minimum atomic E-state index is -0.137. The Kier molecular flexibility index (Phi) is 6.09. The smallest absolute Gasteiger partial charge is 0.282 e. The minimum Gasteiger partial charge on any atom is -0.493 e. The van der Waals surface area contributed by atoms with Crippen molar-refractivity contribution in [1.29, 1.82) is 0 Å². The Hall–Kier alpha value is -2.47. The summed E-state index contributed by atoms with van der Waals surface area (Å²) in [5.74, 6) is 1.76. The van der Waals surface area contributed by atoms with E-state index in [0.717, 1.165) is 52.8 Å². The second kappa shape index (κ2) is 8.91. The number of ether oxygens (including phenoxy) is 1. The first-order valence-corrected chi connectivity index (χ1v) is 10.9. The first-order valence-electron chi connectivity index (χ1n) is 10.2. The number of hydrogen-bond donors (Lipinski definition) is 0. The van der Waals surface area contributed by atoms with Crippen molar-refractivity contribution in [2.45, 2.75) is 44.9 Å². The molecule has 1 fully saturated rings. The Morgan fingerprint density at radius 1 is 1.21 bits per heavy atom. The molecule has 1 saturated carbocycles. The summed E-state index contributed by atoms with van der Waals surface area (Å²) < 4.78 is 8.03. The average molecular weight is 454 g/mol. The third kappa shape index (κ3) is 4.27. The Balaban J connectivity index is 1.85. The summed E-state index contributed by atoms with van der Waals surface area (Å²) in [5.41, 5.74) is 1.42. The highest BCUT2D eigenvalue weighted by atomic mass is 79.9. The molecular formula is C23H24BrN3O2. The van der Waals surface area contributed by atoms with Crippen LogP contribution in [0.25, 0.3) is 10.9 Å². The third-order valence-corrected chi connectivity index (χ3v) is 5.83. The molecule has 5 nitrogen and oxygen atoms in total. The van der Waals surface area contributed by atoms with Crippen molar-refractivity contribution in [2.24, 2.45) is 5.10 Å². The Labute approximate surface area is 178 Å². The number of halogens is 1. The van der Waals surface area contributed by atoms with Crippen molar-refractivity contribution in [3.63, 3.8) is 0 Å². The zero-order valence-electron chi connectivity index (χ0n) is 16.5. The fourth-order valence-corrected chi connectivity index (χ4v) is 4.26. The van der Waals surface area contributed by atoms with Gasteiger partial charge < -0.3 is 4.74 Å². The number of para-hydroxylation sites is 1. The first-order chi connectivity index (χ1) is 14.2. The van der Waals surface area contributed by atoms with Gasteiger partial charge >= 0.3 is 0 Å². The molecule has 0 radical (unpaired) electrons. The second-order valence-corrected chi connectivity index (χ2v) is 8.21.